The molecular weight excluding hydrogens is 256 g/mol. The number of nitrogens with one attached hydrogen (secondary N) is 1. The molecule has 3 rings (SSSR count). The molecule has 1 aliphatic rings. The smallest absolute Gasteiger partial charge is 0.203 e. The van der Waals surface area contributed by atoms with Crippen molar-refractivity contribution in [1.29, 1.82) is 0 Å². The topological polar surface area (TPSA) is 42.7 Å². The van der Waals surface area contributed by atoms with Gasteiger partial charge >= 0.3 is 0 Å². The van der Waals surface area contributed by atoms with Crippen LogP contribution in [-0.2, 0) is 0 Å². The van der Waals surface area contributed by atoms with Crippen molar-refractivity contribution in [2.45, 2.75) is 51.1 Å². The summed E-state index contributed by atoms with van der Waals surface area (Å²) in [7, 11) is 0. The minimum atomic E-state index is 0.213. The molecule has 2 aromatic rings. The van der Waals surface area contributed by atoms with Crippen LogP contribution in [0.4, 0.5) is 5.95 Å². The van der Waals surface area contributed by atoms with Crippen LogP contribution in [-0.4, -0.2) is 14.5 Å². The number of hydrogen-bond acceptors (Lipinski definition) is 4. The number of nitrogens with zero attached hydrogens (tertiary/aromatic N) is 3. The molecule has 0 saturated heterocycles. The van der Waals surface area contributed by atoms with E-state index in [1.54, 1.807) is 11.3 Å². The lowest BCUT2D eigenvalue weighted by Gasteiger charge is -2.25. The summed E-state index contributed by atoms with van der Waals surface area (Å²) in [5.41, 5.74) is 0. The SMILES string of the molecule is CC(Nc1nccn1C1CCCCC1)c1nccs1. The van der Waals surface area contributed by atoms with E-state index in [0.717, 1.165) is 11.0 Å². The number of hydrogen-bond donors (Lipinski definition) is 1. The van der Waals surface area contributed by atoms with Crippen molar-refractivity contribution in [1.82, 2.24) is 14.5 Å². The van der Waals surface area contributed by atoms with Crippen LogP contribution < -0.4 is 5.32 Å². The van der Waals surface area contributed by atoms with E-state index in [0.29, 0.717) is 6.04 Å². The Kier molecular flexibility index (Phi) is 3.82. The maximum atomic E-state index is 4.47. The Morgan fingerprint density at radius 3 is 2.84 bits per heavy atom. The first-order valence-electron chi connectivity index (χ1n) is 7.03. The van der Waals surface area contributed by atoms with Gasteiger partial charge in [0, 0.05) is 30.0 Å². The van der Waals surface area contributed by atoms with Gasteiger partial charge in [0.2, 0.25) is 5.95 Å². The van der Waals surface area contributed by atoms with Crippen molar-refractivity contribution in [3.63, 3.8) is 0 Å². The van der Waals surface area contributed by atoms with Gasteiger partial charge in [0.25, 0.3) is 0 Å². The number of thiazole rings is 1. The summed E-state index contributed by atoms with van der Waals surface area (Å²) in [6, 6.07) is 0.826. The number of imidazole rings is 1. The van der Waals surface area contributed by atoms with Crippen molar-refractivity contribution < 1.29 is 0 Å². The molecular formula is C14H20N4S. The standard InChI is InChI=1S/C14H20N4S/c1-11(13-15-8-10-19-13)17-14-16-7-9-18(14)12-5-3-2-4-6-12/h7-12H,2-6H2,1H3,(H,16,17). The van der Waals surface area contributed by atoms with E-state index in [-0.39, 0.29) is 6.04 Å². The van der Waals surface area contributed by atoms with E-state index < -0.39 is 0 Å². The highest BCUT2D eigenvalue weighted by molar-refractivity contribution is 7.09. The van der Waals surface area contributed by atoms with Gasteiger partial charge in [-0.3, -0.25) is 0 Å². The first-order valence-corrected chi connectivity index (χ1v) is 7.91. The first kappa shape index (κ1) is 12.7. The Hall–Kier alpha value is -1.36. The fourth-order valence-corrected chi connectivity index (χ4v) is 3.43. The maximum Gasteiger partial charge on any atom is 0.203 e. The van der Waals surface area contributed by atoms with Gasteiger partial charge in [-0.25, -0.2) is 9.97 Å². The van der Waals surface area contributed by atoms with Crippen molar-refractivity contribution in [3.05, 3.63) is 29.0 Å². The van der Waals surface area contributed by atoms with E-state index in [1.807, 2.05) is 17.8 Å². The van der Waals surface area contributed by atoms with Gasteiger partial charge in [-0.15, -0.1) is 11.3 Å². The zero-order chi connectivity index (χ0) is 13.1. The van der Waals surface area contributed by atoms with Gasteiger partial charge in [-0.1, -0.05) is 19.3 Å². The second-order valence-electron chi connectivity index (χ2n) is 5.19. The lowest BCUT2D eigenvalue weighted by Crippen LogP contribution is -2.17. The van der Waals surface area contributed by atoms with E-state index in [2.05, 4.69) is 33.0 Å². The third-order valence-corrected chi connectivity index (χ3v) is 4.76. The van der Waals surface area contributed by atoms with Gasteiger partial charge in [0.1, 0.15) is 5.01 Å². The molecule has 102 valence electrons. The minimum Gasteiger partial charge on any atom is -0.347 e. The molecule has 1 saturated carbocycles. The summed E-state index contributed by atoms with van der Waals surface area (Å²) >= 11 is 1.68. The summed E-state index contributed by atoms with van der Waals surface area (Å²) in [6.45, 7) is 2.14. The number of aromatic nitrogens is 3. The highest BCUT2D eigenvalue weighted by Crippen LogP contribution is 2.31. The Morgan fingerprint density at radius 2 is 2.11 bits per heavy atom. The van der Waals surface area contributed by atoms with Crippen LogP contribution in [0.15, 0.2) is 24.0 Å². The fourth-order valence-electron chi connectivity index (χ4n) is 2.78. The lowest BCUT2D eigenvalue weighted by molar-refractivity contribution is 0.355. The molecule has 1 aliphatic carbocycles. The van der Waals surface area contributed by atoms with Crippen molar-refractivity contribution in [3.8, 4) is 0 Å². The average Bonchev–Trinajstić information content (AvgIpc) is 3.11. The van der Waals surface area contributed by atoms with Gasteiger partial charge < -0.3 is 9.88 Å². The number of rotatable bonds is 4. The van der Waals surface area contributed by atoms with Crippen LogP contribution in [0.25, 0.3) is 0 Å². The third kappa shape index (κ3) is 2.81. The van der Waals surface area contributed by atoms with Gasteiger partial charge in [-0.05, 0) is 19.8 Å². The van der Waals surface area contributed by atoms with Crippen molar-refractivity contribution >= 4 is 17.3 Å². The molecule has 2 heterocycles. The Morgan fingerprint density at radius 1 is 1.26 bits per heavy atom. The zero-order valence-corrected chi connectivity index (χ0v) is 12.1. The van der Waals surface area contributed by atoms with Crippen molar-refractivity contribution in [2.75, 3.05) is 5.32 Å². The molecule has 1 fully saturated rings. The van der Waals surface area contributed by atoms with Crippen LogP contribution in [0.5, 0.6) is 0 Å². The molecule has 1 unspecified atom stereocenters. The third-order valence-electron chi connectivity index (χ3n) is 3.80. The van der Waals surface area contributed by atoms with Crippen LogP contribution in [0.3, 0.4) is 0 Å². The quantitative estimate of drug-likeness (QED) is 0.917. The Bertz CT molecular complexity index is 499. The van der Waals surface area contributed by atoms with Crippen LogP contribution in [0.2, 0.25) is 0 Å². The fraction of sp³-hybridized carbons (Fsp3) is 0.571. The molecule has 1 atom stereocenters. The first-order chi connectivity index (χ1) is 9.34. The highest BCUT2D eigenvalue weighted by Gasteiger charge is 2.19. The van der Waals surface area contributed by atoms with E-state index in [9.17, 15) is 0 Å². The van der Waals surface area contributed by atoms with Gasteiger partial charge in [0.05, 0.1) is 6.04 Å². The average molecular weight is 276 g/mol. The van der Waals surface area contributed by atoms with Gasteiger partial charge in [0.15, 0.2) is 0 Å². The maximum absolute atomic E-state index is 4.47. The summed E-state index contributed by atoms with van der Waals surface area (Å²) in [6.07, 6.45) is 12.5. The summed E-state index contributed by atoms with van der Waals surface area (Å²) in [5.74, 6) is 0.981. The van der Waals surface area contributed by atoms with E-state index in [4.69, 9.17) is 0 Å². The van der Waals surface area contributed by atoms with Crippen LogP contribution in [0, 0.1) is 0 Å². The second-order valence-corrected chi connectivity index (χ2v) is 6.11. The largest absolute Gasteiger partial charge is 0.347 e. The molecule has 2 aromatic heterocycles. The number of anilines is 1. The zero-order valence-electron chi connectivity index (χ0n) is 11.2. The Balaban J connectivity index is 1.73. The Labute approximate surface area is 117 Å². The molecule has 0 aromatic carbocycles. The normalized spacial score (nSPS) is 18.4. The lowest BCUT2D eigenvalue weighted by atomic mass is 9.95. The molecule has 0 aliphatic heterocycles. The monoisotopic (exact) mass is 276 g/mol. The molecule has 0 radical (unpaired) electrons. The molecule has 0 spiro atoms. The molecule has 0 bridgehead atoms. The summed E-state index contributed by atoms with van der Waals surface area (Å²) in [4.78, 5) is 8.83. The van der Waals surface area contributed by atoms with Crippen molar-refractivity contribution in [2.24, 2.45) is 0 Å². The van der Waals surface area contributed by atoms with E-state index in [1.165, 1.54) is 32.1 Å². The second kappa shape index (κ2) is 5.74. The molecule has 19 heavy (non-hydrogen) atoms. The summed E-state index contributed by atoms with van der Waals surface area (Å²) < 4.78 is 2.31. The molecule has 5 heteroatoms. The predicted octanol–water partition coefficient (Wildman–Crippen LogP) is 4.02. The van der Waals surface area contributed by atoms with E-state index >= 15 is 0 Å². The summed E-state index contributed by atoms with van der Waals surface area (Å²) in [5, 5.41) is 6.61. The van der Waals surface area contributed by atoms with Gasteiger partial charge in [-0.2, -0.15) is 0 Å². The van der Waals surface area contributed by atoms with Crippen LogP contribution in [0.1, 0.15) is 56.1 Å². The molecule has 4 nitrogen and oxygen atoms in total. The van der Waals surface area contributed by atoms with Crippen LogP contribution >= 0.6 is 11.3 Å². The highest BCUT2D eigenvalue weighted by atomic mass is 32.1. The minimum absolute atomic E-state index is 0.213. The molecule has 0 amide bonds. The molecule has 1 N–H and O–H groups in total. The predicted molar refractivity (Wildman–Crippen MR) is 78.5 cm³/mol.